The van der Waals surface area contributed by atoms with E-state index < -0.39 is 6.09 Å². The van der Waals surface area contributed by atoms with Gasteiger partial charge >= 0.3 is 6.09 Å². The summed E-state index contributed by atoms with van der Waals surface area (Å²) in [4.78, 5) is 15.4. The van der Waals surface area contributed by atoms with E-state index in [0.717, 1.165) is 55.0 Å². The predicted molar refractivity (Wildman–Crippen MR) is 112 cm³/mol. The van der Waals surface area contributed by atoms with Gasteiger partial charge in [-0.2, -0.15) is 0 Å². The molecule has 0 saturated heterocycles. The van der Waals surface area contributed by atoms with E-state index in [2.05, 4.69) is 53.2 Å². The maximum absolute atomic E-state index is 10.5. The zero-order chi connectivity index (χ0) is 19.8. The summed E-state index contributed by atoms with van der Waals surface area (Å²) in [5.41, 5.74) is 4.49. The molecule has 0 atom stereocenters. The highest BCUT2D eigenvalue weighted by molar-refractivity contribution is 5.79. The zero-order valence-corrected chi connectivity index (χ0v) is 16.3. The Bertz CT molecular complexity index is 889. The lowest BCUT2D eigenvalue weighted by Gasteiger charge is -2.12. The summed E-state index contributed by atoms with van der Waals surface area (Å²) in [6.07, 6.45) is 3.04. The maximum atomic E-state index is 10.5. The number of hydrogen-bond donors (Lipinski definition) is 2. The molecule has 0 saturated carbocycles. The topological polar surface area (TPSA) is 67.2 Å². The molecule has 2 aromatic carbocycles. The van der Waals surface area contributed by atoms with Gasteiger partial charge in [-0.05, 0) is 19.8 Å². The maximum Gasteiger partial charge on any atom is 0.404 e. The van der Waals surface area contributed by atoms with Gasteiger partial charge in [0.2, 0.25) is 0 Å². The largest absolute Gasteiger partial charge is 0.465 e. The van der Waals surface area contributed by atoms with Crippen molar-refractivity contribution in [1.82, 2.24) is 14.9 Å². The van der Waals surface area contributed by atoms with Crippen LogP contribution in [0.4, 0.5) is 4.79 Å². The van der Waals surface area contributed by atoms with Crippen molar-refractivity contribution in [3.63, 3.8) is 0 Å². The number of rotatable bonds is 9. The van der Waals surface area contributed by atoms with E-state index >= 15 is 0 Å². The van der Waals surface area contributed by atoms with E-state index in [-0.39, 0.29) is 0 Å². The first-order valence-electron chi connectivity index (χ1n) is 9.81. The number of imidazole rings is 1. The Balaban J connectivity index is 1.75. The Kier molecular flexibility index (Phi) is 6.84. The van der Waals surface area contributed by atoms with Crippen molar-refractivity contribution in [2.45, 2.75) is 39.2 Å². The van der Waals surface area contributed by atoms with Crippen LogP contribution >= 0.6 is 0 Å². The van der Waals surface area contributed by atoms with Gasteiger partial charge in [-0.25, -0.2) is 9.78 Å². The Morgan fingerprint density at radius 3 is 2.18 bits per heavy atom. The van der Waals surface area contributed by atoms with Crippen molar-refractivity contribution in [1.29, 1.82) is 0 Å². The number of hydrogen-bond acceptors (Lipinski definition) is 2. The van der Waals surface area contributed by atoms with E-state index in [1.54, 1.807) is 0 Å². The molecule has 5 nitrogen and oxygen atoms in total. The summed E-state index contributed by atoms with van der Waals surface area (Å²) in [7, 11) is 0. The van der Waals surface area contributed by atoms with Gasteiger partial charge in [0.25, 0.3) is 0 Å². The van der Waals surface area contributed by atoms with Gasteiger partial charge < -0.3 is 15.0 Å². The van der Waals surface area contributed by atoms with Crippen molar-refractivity contribution >= 4 is 6.09 Å². The van der Waals surface area contributed by atoms with Gasteiger partial charge in [0, 0.05) is 24.2 Å². The minimum atomic E-state index is -0.949. The molecule has 5 heteroatoms. The second-order valence-electron chi connectivity index (χ2n) is 6.89. The van der Waals surface area contributed by atoms with Gasteiger partial charge in [0.1, 0.15) is 5.82 Å². The molecule has 0 fully saturated rings. The van der Waals surface area contributed by atoms with Crippen LogP contribution in [0.3, 0.4) is 0 Å². The summed E-state index contributed by atoms with van der Waals surface area (Å²) in [5.74, 6) is 1.02. The lowest BCUT2D eigenvalue weighted by atomic mass is 10.0. The molecule has 0 aliphatic carbocycles. The fraction of sp³-hybridized carbons (Fsp3) is 0.304. The van der Waals surface area contributed by atoms with E-state index in [1.165, 1.54) is 5.56 Å². The second kappa shape index (κ2) is 9.74. The predicted octanol–water partition coefficient (Wildman–Crippen LogP) is 5.35. The van der Waals surface area contributed by atoms with Crippen molar-refractivity contribution in [2.75, 3.05) is 6.54 Å². The lowest BCUT2D eigenvalue weighted by molar-refractivity contribution is 0.194. The zero-order valence-electron chi connectivity index (χ0n) is 16.3. The van der Waals surface area contributed by atoms with Crippen LogP contribution in [-0.2, 0) is 6.54 Å². The number of aromatic nitrogens is 2. The third-order valence-corrected chi connectivity index (χ3v) is 4.84. The Labute approximate surface area is 166 Å². The van der Waals surface area contributed by atoms with Gasteiger partial charge in [0.15, 0.2) is 0 Å². The average Bonchev–Trinajstić information content (AvgIpc) is 3.04. The van der Waals surface area contributed by atoms with Gasteiger partial charge in [-0.1, -0.05) is 73.5 Å². The molecule has 3 rings (SSSR count). The number of nitrogens with one attached hydrogen (secondary N) is 1. The van der Waals surface area contributed by atoms with Crippen LogP contribution < -0.4 is 5.32 Å². The Morgan fingerprint density at radius 2 is 1.54 bits per heavy atom. The summed E-state index contributed by atoms with van der Waals surface area (Å²) in [6.45, 7) is 3.49. The van der Waals surface area contributed by atoms with Crippen molar-refractivity contribution in [3.8, 4) is 22.5 Å². The number of amides is 1. The van der Waals surface area contributed by atoms with Crippen molar-refractivity contribution in [3.05, 3.63) is 66.5 Å². The highest BCUT2D eigenvalue weighted by atomic mass is 16.4. The molecule has 1 heterocycles. The summed E-state index contributed by atoms with van der Waals surface area (Å²) < 4.78 is 2.31. The number of nitrogens with zero attached hydrogens (tertiary/aromatic N) is 2. The lowest BCUT2D eigenvalue weighted by Crippen LogP contribution is -2.21. The number of aryl methyl sites for hydroxylation is 1. The molecule has 28 heavy (non-hydrogen) atoms. The SMILES string of the molecule is Cc1nc(-c2ccccc2)c(-c2ccccc2)n1CCCCCCNC(=O)O. The minimum Gasteiger partial charge on any atom is -0.465 e. The molecule has 0 spiro atoms. The standard InChI is InChI=1S/C23H27N3O2/c1-18-25-21(19-12-6-4-7-13-19)22(20-14-8-5-9-15-20)26(18)17-11-3-2-10-16-24-23(27)28/h4-9,12-15,24H,2-3,10-11,16-17H2,1H3,(H,27,28). The van der Waals surface area contributed by atoms with E-state index in [9.17, 15) is 4.79 Å². The molecule has 0 bridgehead atoms. The Hall–Kier alpha value is -3.08. The summed E-state index contributed by atoms with van der Waals surface area (Å²) in [6, 6.07) is 20.8. The first-order valence-corrected chi connectivity index (χ1v) is 9.81. The number of carboxylic acid groups (broad SMARTS) is 1. The second-order valence-corrected chi connectivity index (χ2v) is 6.89. The molecular formula is C23H27N3O2. The molecule has 146 valence electrons. The molecule has 0 aliphatic rings. The van der Waals surface area contributed by atoms with Crippen molar-refractivity contribution < 1.29 is 9.90 Å². The fourth-order valence-corrected chi connectivity index (χ4v) is 3.47. The van der Waals surface area contributed by atoms with Crippen LogP contribution in [-0.4, -0.2) is 27.3 Å². The van der Waals surface area contributed by atoms with Crippen LogP contribution in [0.25, 0.3) is 22.5 Å². The minimum absolute atomic E-state index is 0.521. The number of unbranched alkanes of at least 4 members (excludes halogenated alkanes) is 3. The third-order valence-electron chi connectivity index (χ3n) is 4.84. The van der Waals surface area contributed by atoms with Crippen LogP contribution in [0.2, 0.25) is 0 Å². The van der Waals surface area contributed by atoms with Gasteiger partial charge in [0.05, 0.1) is 11.4 Å². The number of benzene rings is 2. The van der Waals surface area contributed by atoms with Gasteiger partial charge in [-0.15, -0.1) is 0 Å². The smallest absolute Gasteiger partial charge is 0.404 e. The Morgan fingerprint density at radius 1 is 0.929 bits per heavy atom. The quantitative estimate of drug-likeness (QED) is 0.494. The summed E-state index contributed by atoms with van der Waals surface area (Å²) in [5, 5.41) is 11.0. The third kappa shape index (κ3) is 5.00. The monoisotopic (exact) mass is 377 g/mol. The van der Waals surface area contributed by atoms with E-state index in [0.29, 0.717) is 6.54 Å². The van der Waals surface area contributed by atoms with E-state index in [1.807, 2.05) is 24.3 Å². The molecule has 1 amide bonds. The average molecular weight is 377 g/mol. The van der Waals surface area contributed by atoms with Crippen LogP contribution in [0, 0.1) is 6.92 Å². The molecular weight excluding hydrogens is 350 g/mol. The molecule has 1 aromatic heterocycles. The highest BCUT2D eigenvalue weighted by Crippen LogP contribution is 2.33. The molecule has 2 N–H and O–H groups in total. The number of carbonyl (C=O) groups is 1. The highest BCUT2D eigenvalue weighted by Gasteiger charge is 2.17. The van der Waals surface area contributed by atoms with Crippen LogP contribution in [0.5, 0.6) is 0 Å². The molecule has 0 unspecified atom stereocenters. The van der Waals surface area contributed by atoms with Crippen LogP contribution in [0.15, 0.2) is 60.7 Å². The van der Waals surface area contributed by atoms with Crippen molar-refractivity contribution in [2.24, 2.45) is 0 Å². The summed E-state index contributed by atoms with van der Waals surface area (Å²) >= 11 is 0. The normalized spacial score (nSPS) is 10.8. The van der Waals surface area contributed by atoms with E-state index in [4.69, 9.17) is 10.1 Å². The molecule has 3 aromatic rings. The molecule has 0 radical (unpaired) electrons. The van der Waals surface area contributed by atoms with Crippen LogP contribution in [0.1, 0.15) is 31.5 Å². The first-order chi connectivity index (χ1) is 13.7. The fourth-order valence-electron chi connectivity index (χ4n) is 3.47. The van der Waals surface area contributed by atoms with Gasteiger partial charge in [-0.3, -0.25) is 0 Å². The molecule has 0 aliphatic heterocycles. The first kappa shape index (κ1) is 19.7.